The van der Waals surface area contributed by atoms with Crippen LogP contribution >= 0.6 is 23.2 Å². The molecule has 0 spiro atoms. The van der Waals surface area contributed by atoms with E-state index in [-0.39, 0.29) is 6.61 Å². The summed E-state index contributed by atoms with van der Waals surface area (Å²) < 4.78 is 5.47. The second-order valence-electron chi connectivity index (χ2n) is 3.44. The third-order valence-corrected chi connectivity index (χ3v) is 2.83. The van der Waals surface area contributed by atoms with Crippen molar-refractivity contribution in [2.24, 2.45) is 0 Å². The Kier molecular flexibility index (Phi) is 5.74. The molecule has 90 valence electrons. The van der Waals surface area contributed by atoms with Crippen molar-refractivity contribution in [2.45, 2.75) is 19.3 Å². The first-order chi connectivity index (χ1) is 7.65. The molecular formula is C11H15Cl2NO2. The molecule has 0 unspecified atom stereocenters. The second kappa shape index (κ2) is 6.84. The fourth-order valence-corrected chi connectivity index (χ4v) is 1.57. The van der Waals surface area contributed by atoms with Gasteiger partial charge in [0.25, 0.3) is 0 Å². The highest BCUT2D eigenvalue weighted by Crippen LogP contribution is 2.32. The van der Waals surface area contributed by atoms with Gasteiger partial charge in [0.15, 0.2) is 0 Å². The number of nitrogen functional groups attached to an aromatic ring is 1. The average Bonchev–Trinajstić information content (AvgIpc) is 2.25. The Hall–Kier alpha value is -0.640. The van der Waals surface area contributed by atoms with Gasteiger partial charge in [0.2, 0.25) is 0 Å². The maximum absolute atomic E-state index is 8.60. The van der Waals surface area contributed by atoms with Crippen LogP contribution in [-0.2, 0) is 0 Å². The van der Waals surface area contributed by atoms with Crippen molar-refractivity contribution >= 4 is 28.9 Å². The van der Waals surface area contributed by atoms with E-state index in [1.807, 2.05) is 0 Å². The van der Waals surface area contributed by atoms with E-state index in [0.717, 1.165) is 19.3 Å². The Balaban J connectivity index is 2.45. The lowest BCUT2D eigenvalue weighted by molar-refractivity contribution is 0.266. The molecule has 5 heteroatoms. The number of ether oxygens (including phenoxy) is 1. The maximum Gasteiger partial charge on any atom is 0.143 e. The van der Waals surface area contributed by atoms with Crippen LogP contribution in [0.3, 0.4) is 0 Å². The highest BCUT2D eigenvalue weighted by molar-refractivity contribution is 6.42. The molecular weight excluding hydrogens is 249 g/mol. The first kappa shape index (κ1) is 13.4. The highest BCUT2D eigenvalue weighted by Gasteiger charge is 2.05. The molecule has 0 heterocycles. The van der Waals surface area contributed by atoms with Crippen molar-refractivity contribution in [1.82, 2.24) is 0 Å². The van der Waals surface area contributed by atoms with Gasteiger partial charge < -0.3 is 15.6 Å². The zero-order valence-corrected chi connectivity index (χ0v) is 10.4. The molecule has 0 saturated heterocycles. The molecule has 1 aromatic rings. The van der Waals surface area contributed by atoms with Gasteiger partial charge in [-0.3, -0.25) is 0 Å². The largest absolute Gasteiger partial charge is 0.491 e. The SMILES string of the molecule is Nc1cc(Cl)c(Cl)cc1OCCCCCO. The van der Waals surface area contributed by atoms with Crippen molar-refractivity contribution in [2.75, 3.05) is 18.9 Å². The van der Waals surface area contributed by atoms with Crippen molar-refractivity contribution < 1.29 is 9.84 Å². The minimum Gasteiger partial charge on any atom is -0.491 e. The van der Waals surface area contributed by atoms with Gasteiger partial charge in [-0.2, -0.15) is 0 Å². The molecule has 3 N–H and O–H groups in total. The molecule has 0 fully saturated rings. The predicted molar refractivity (Wildman–Crippen MR) is 67.3 cm³/mol. The minimum atomic E-state index is 0.217. The van der Waals surface area contributed by atoms with E-state index in [1.54, 1.807) is 12.1 Å². The van der Waals surface area contributed by atoms with Crippen LogP contribution in [-0.4, -0.2) is 18.3 Å². The van der Waals surface area contributed by atoms with Gasteiger partial charge >= 0.3 is 0 Å². The van der Waals surface area contributed by atoms with Gasteiger partial charge in [0, 0.05) is 12.7 Å². The van der Waals surface area contributed by atoms with Gasteiger partial charge in [-0.15, -0.1) is 0 Å². The number of anilines is 1. The standard InChI is InChI=1S/C11H15Cl2NO2/c12-8-6-10(14)11(7-9(8)13)16-5-3-1-2-4-15/h6-7,15H,1-5,14H2. The molecule has 1 aromatic carbocycles. The smallest absolute Gasteiger partial charge is 0.143 e. The van der Waals surface area contributed by atoms with Crippen LogP contribution < -0.4 is 10.5 Å². The third-order valence-electron chi connectivity index (χ3n) is 2.11. The van der Waals surface area contributed by atoms with Crippen LogP contribution in [0.1, 0.15) is 19.3 Å². The number of benzene rings is 1. The lowest BCUT2D eigenvalue weighted by Crippen LogP contribution is -2.01. The van der Waals surface area contributed by atoms with Gasteiger partial charge in [0.1, 0.15) is 5.75 Å². The normalized spacial score (nSPS) is 10.4. The summed E-state index contributed by atoms with van der Waals surface area (Å²) in [5.74, 6) is 0.554. The summed E-state index contributed by atoms with van der Waals surface area (Å²) in [5.41, 5.74) is 6.21. The summed E-state index contributed by atoms with van der Waals surface area (Å²) in [4.78, 5) is 0. The number of rotatable bonds is 6. The highest BCUT2D eigenvalue weighted by atomic mass is 35.5. The number of hydrogen-bond acceptors (Lipinski definition) is 3. The molecule has 0 bridgehead atoms. The summed E-state index contributed by atoms with van der Waals surface area (Å²) in [7, 11) is 0. The number of halogens is 2. The molecule has 0 atom stereocenters. The predicted octanol–water partition coefficient (Wildman–Crippen LogP) is 3.12. The Bertz CT molecular complexity index is 345. The number of aliphatic hydroxyl groups excluding tert-OH is 1. The van der Waals surface area contributed by atoms with Gasteiger partial charge in [-0.05, 0) is 25.3 Å². The Morgan fingerprint density at radius 3 is 2.50 bits per heavy atom. The summed E-state index contributed by atoms with van der Waals surface area (Å²) >= 11 is 11.6. The summed E-state index contributed by atoms with van der Waals surface area (Å²) in [6.45, 7) is 0.775. The molecule has 1 rings (SSSR count). The lowest BCUT2D eigenvalue weighted by atomic mass is 10.2. The summed E-state index contributed by atoms with van der Waals surface area (Å²) in [6.07, 6.45) is 2.60. The number of nitrogens with two attached hydrogens (primary N) is 1. The summed E-state index contributed by atoms with van der Waals surface area (Å²) in [5, 5.41) is 9.46. The number of aliphatic hydroxyl groups is 1. The van der Waals surface area contributed by atoms with Crippen LogP contribution in [0, 0.1) is 0 Å². The first-order valence-corrected chi connectivity index (χ1v) is 5.89. The minimum absolute atomic E-state index is 0.217. The Labute approximate surface area is 105 Å². The van der Waals surface area contributed by atoms with E-state index < -0.39 is 0 Å². The zero-order valence-electron chi connectivity index (χ0n) is 8.88. The van der Waals surface area contributed by atoms with Crippen molar-refractivity contribution in [3.63, 3.8) is 0 Å². The van der Waals surface area contributed by atoms with E-state index in [2.05, 4.69) is 0 Å². The topological polar surface area (TPSA) is 55.5 Å². The average molecular weight is 264 g/mol. The number of unbranched alkanes of at least 4 members (excludes halogenated alkanes) is 2. The van der Waals surface area contributed by atoms with Crippen LogP contribution in [0.15, 0.2) is 12.1 Å². The van der Waals surface area contributed by atoms with E-state index in [1.165, 1.54) is 0 Å². The van der Waals surface area contributed by atoms with Gasteiger partial charge in [-0.25, -0.2) is 0 Å². The van der Waals surface area contributed by atoms with Crippen molar-refractivity contribution in [3.05, 3.63) is 22.2 Å². The molecule has 0 aliphatic carbocycles. The number of hydrogen-bond donors (Lipinski definition) is 2. The van der Waals surface area contributed by atoms with Crippen LogP contribution in [0.2, 0.25) is 10.0 Å². The van der Waals surface area contributed by atoms with E-state index >= 15 is 0 Å². The van der Waals surface area contributed by atoms with Gasteiger partial charge in [0.05, 0.1) is 22.3 Å². The molecule has 0 aromatic heterocycles. The molecule has 16 heavy (non-hydrogen) atoms. The van der Waals surface area contributed by atoms with Crippen molar-refractivity contribution in [1.29, 1.82) is 0 Å². The molecule has 0 aliphatic rings. The van der Waals surface area contributed by atoms with E-state index in [4.69, 9.17) is 38.8 Å². The van der Waals surface area contributed by atoms with E-state index in [0.29, 0.717) is 28.1 Å². The first-order valence-electron chi connectivity index (χ1n) is 5.13. The lowest BCUT2D eigenvalue weighted by Gasteiger charge is -2.09. The van der Waals surface area contributed by atoms with Crippen LogP contribution in [0.25, 0.3) is 0 Å². The quantitative estimate of drug-likeness (QED) is 0.613. The van der Waals surface area contributed by atoms with Crippen LogP contribution in [0.5, 0.6) is 5.75 Å². The maximum atomic E-state index is 8.60. The Morgan fingerprint density at radius 1 is 1.12 bits per heavy atom. The monoisotopic (exact) mass is 263 g/mol. The van der Waals surface area contributed by atoms with Crippen LogP contribution in [0.4, 0.5) is 5.69 Å². The molecule has 0 radical (unpaired) electrons. The zero-order chi connectivity index (χ0) is 12.0. The molecule has 0 amide bonds. The van der Waals surface area contributed by atoms with Gasteiger partial charge in [-0.1, -0.05) is 23.2 Å². The van der Waals surface area contributed by atoms with Crippen molar-refractivity contribution in [3.8, 4) is 5.75 Å². The van der Waals surface area contributed by atoms with E-state index in [9.17, 15) is 0 Å². The fraction of sp³-hybridized carbons (Fsp3) is 0.455. The molecule has 3 nitrogen and oxygen atoms in total. The third kappa shape index (κ3) is 4.08. The summed E-state index contributed by atoms with van der Waals surface area (Å²) in [6, 6.07) is 3.19. The molecule has 0 aliphatic heterocycles. The molecule has 0 saturated carbocycles. The fourth-order valence-electron chi connectivity index (χ4n) is 1.24. The Morgan fingerprint density at radius 2 is 1.81 bits per heavy atom. The second-order valence-corrected chi connectivity index (χ2v) is 4.25.